The molecule has 0 N–H and O–H groups in total. The fourth-order valence-corrected chi connectivity index (χ4v) is 1.77. The summed E-state index contributed by atoms with van der Waals surface area (Å²) in [6.07, 6.45) is 3.78. The zero-order valence-corrected chi connectivity index (χ0v) is 9.74. The highest BCUT2D eigenvalue weighted by Crippen LogP contribution is 2.22. The second kappa shape index (κ2) is 5.61. The monoisotopic (exact) mass is 229 g/mol. The molecule has 0 aliphatic heterocycles. The van der Waals surface area contributed by atoms with Gasteiger partial charge in [-0.25, -0.2) is 0 Å². The predicted octanol–water partition coefficient (Wildman–Crippen LogP) is 4.15. The van der Waals surface area contributed by atoms with Crippen LogP contribution in [0.5, 0.6) is 5.75 Å². The molecule has 0 atom stereocenters. The minimum Gasteiger partial charge on any atom is -0.489 e. The van der Waals surface area contributed by atoms with Gasteiger partial charge >= 0.3 is 0 Å². The SMILES string of the molecule is [CH2]Sc1cccc(OCc2ccccc2)c1. The summed E-state index contributed by atoms with van der Waals surface area (Å²) in [4.78, 5) is 1.12. The van der Waals surface area contributed by atoms with Crippen LogP contribution in [0.4, 0.5) is 0 Å². The topological polar surface area (TPSA) is 9.23 Å². The molecule has 0 aliphatic rings. The van der Waals surface area contributed by atoms with E-state index in [9.17, 15) is 0 Å². The molecule has 2 heteroatoms. The minimum absolute atomic E-state index is 0.603. The van der Waals surface area contributed by atoms with Crippen molar-refractivity contribution in [1.29, 1.82) is 0 Å². The molecule has 81 valence electrons. The first kappa shape index (κ1) is 11.1. The van der Waals surface area contributed by atoms with E-state index in [1.54, 1.807) is 0 Å². The van der Waals surface area contributed by atoms with Gasteiger partial charge in [-0.3, -0.25) is 0 Å². The van der Waals surface area contributed by atoms with Crippen molar-refractivity contribution in [2.24, 2.45) is 0 Å². The number of rotatable bonds is 4. The third-order valence-electron chi connectivity index (χ3n) is 2.22. The van der Waals surface area contributed by atoms with Crippen molar-refractivity contribution in [2.75, 3.05) is 0 Å². The lowest BCUT2D eigenvalue weighted by molar-refractivity contribution is 0.305. The van der Waals surface area contributed by atoms with E-state index in [2.05, 4.69) is 18.4 Å². The van der Waals surface area contributed by atoms with Crippen LogP contribution in [0.15, 0.2) is 59.5 Å². The van der Waals surface area contributed by atoms with E-state index in [0.29, 0.717) is 6.61 Å². The highest BCUT2D eigenvalue weighted by atomic mass is 32.2. The molecule has 0 unspecified atom stereocenters. The van der Waals surface area contributed by atoms with Gasteiger partial charge in [0.25, 0.3) is 0 Å². The molecule has 0 aliphatic carbocycles. The first-order chi connectivity index (χ1) is 7.88. The highest BCUT2D eigenvalue weighted by molar-refractivity contribution is 8.00. The van der Waals surface area contributed by atoms with E-state index >= 15 is 0 Å². The molecule has 1 nitrogen and oxygen atoms in total. The Morgan fingerprint density at radius 2 is 1.81 bits per heavy atom. The standard InChI is InChI=1S/C14H13OS/c1-16-14-9-5-8-13(10-14)15-11-12-6-3-2-4-7-12/h2-10H,1,11H2. The van der Waals surface area contributed by atoms with Gasteiger partial charge in [-0.15, -0.1) is 11.8 Å². The minimum atomic E-state index is 0.603. The fraction of sp³-hybridized carbons (Fsp3) is 0.0714. The molecule has 2 aromatic carbocycles. The van der Waals surface area contributed by atoms with Crippen molar-refractivity contribution in [3.63, 3.8) is 0 Å². The Morgan fingerprint density at radius 1 is 1.00 bits per heavy atom. The number of hydrogen-bond acceptors (Lipinski definition) is 2. The number of ether oxygens (including phenoxy) is 1. The Kier molecular flexibility index (Phi) is 3.89. The molecule has 0 saturated heterocycles. The molecule has 0 fully saturated rings. The summed E-state index contributed by atoms with van der Waals surface area (Å²) in [5, 5.41) is 0. The van der Waals surface area contributed by atoms with Gasteiger partial charge in [-0.2, -0.15) is 0 Å². The molecule has 0 saturated carbocycles. The van der Waals surface area contributed by atoms with E-state index in [1.807, 2.05) is 42.5 Å². The molecule has 2 rings (SSSR count). The second-order valence-electron chi connectivity index (χ2n) is 3.39. The van der Waals surface area contributed by atoms with Crippen LogP contribution in [0.2, 0.25) is 0 Å². The smallest absolute Gasteiger partial charge is 0.120 e. The van der Waals surface area contributed by atoms with Crippen LogP contribution in [-0.4, -0.2) is 0 Å². The molecule has 0 heterocycles. The lowest BCUT2D eigenvalue weighted by Crippen LogP contribution is -1.94. The maximum atomic E-state index is 5.69. The third-order valence-corrected chi connectivity index (χ3v) is 2.81. The average molecular weight is 229 g/mol. The molecular formula is C14H13OS. The Labute approximate surface area is 100 Å². The van der Waals surface area contributed by atoms with Crippen LogP contribution in [-0.2, 0) is 6.61 Å². The molecule has 16 heavy (non-hydrogen) atoms. The molecule has 1 radical (unpaired) electrons. The molecule has 0 bridgehead atoms. The summed E-state index contributed by atoms with van der Waals surface area (Å²) in [7, 11) is 0. The van der Waals surface area contributed by atoms with Crippen molar-refractivity contribution >= 4 is 11.8 Å². The summed E-state index contributed by atoms with van der Waals surface area (Å²) in [5.74, 6) is 0.887. The van der Waals surface area contributed by atoms with E-state index in [4.69, 9.17) is 4.74 Å². The average Bonchev–Trinajstić information content (AvgIpc) is 2.38. The lowest BCUT2D eigenvalue weighted by atomic mass is 10.2. The fourth-order valence-electron chi connectivity index (χ4n) is 1.39. The number of hydrogen-bond donors (Lipinski definition) is 0. The van der Waals surface area contributed by atoms with E-state index in [1.165, 1.54) is 17.3 Å². The van der Waals surface area contributed by atoms with Gasteiger partial charge in [0.05, 0.1) is 0 Å². The van der Waals surface area contributed by atoms with Crippen LogP contribution in [0.25, 0.3) is 0 Å². The van der Waals surface area contributed by atoms with Crippen molar-refractivity contribution in [1.82, 2.24) is 0 Å². The van der Waals surface area contributed by atoms with Crippen molar-refractivity contribution < 1.29 is 4.74 Å². The number of thioether (sulfide) groups is 1. The van der Waals surface area contributed by atoms with Gasteiger partial charge < -0.3 is 4.74 Å². The van der Waals surface area contributed by atoms with E-state index in [-0.39, 0.29) is 0 Å². The highest BCUT2D eigenvalue weighted by Gasteiger charge is 1.96. The van der Waals surface area contributed by atoms with Gasteiger partial charge in [-0.1, -0.05) is 36.4 Å². The Bertz CT molecular complexity index is 439. The normalized spacial score (nSPS) is 10.1. The lowest BCUT2D eigenvalue weighted by Gasteiger charge is -2.07. The Hall–Kier alpha value is -1.41. The Balaban J connectivity index is 1.99. The number of benzene rings is 2. The summed E-state index contributed by atoms with van der Waals surface area (Å²) < 4.78 is 5.69. The predicted molar refractivity (Wildman–Crippen MR) is 68.4 cm³/mol. The largest absolute Gasteiger partial charge is 0.489 e. The van der Waals surface area contributed by atoms with Crippen molar-refractivity contribution in [3.05, 3.63) is 66.4 Å². The van der Waals surface area contributed by atoms with Crippen LogP contribution in [0, 0.1) is 6.26 Å². The summed E-state index contributed by atoms with van der Waals surface area (Å²) in [5.41, 5.74) is 1.18. The molecule has 0 spiro atoms. The molecule has 0 amide bonds. The third kappa shape index (κ3) is 3.04. The second-order valence-corrected chi connectivity index (χ2v) is 4.15. The molecule has 0 aromatic heterocycles. The summed E-state index contributed by atoms with van der Waals surface area (Å²) >= 11 is 1.47. The van der Waals surface area contributed by atoms with E-state index in [0.717, 1.165) is 10.6 Å². The van der Waals surface area contributed by atoms with Crippen LogP contribution in [0.3, 0.4) is 0 Å². The van der Waals surface area contributed by atoms with Crippen LogP contribution >= 0.6 is 11.8 Å². The van der Waals surface area contributed by atoms with Gasteiger partial charge in [0.1, 0.15) is 12.4 Å². The van der Waals surface area contributed by atoms with Crippen molar-refractivity contribution in [2.45, 2.75) is 11.5 Å². The maximum Gasteiger partial charge on any atom is 0.120 e. The van der Waals surface area contributed by atoms with Crippen molar-refractivity contribution in [3.8, 4) is 5.75 Å². The summed E-state index contributed by atoms with van der Waals surface area (Å²) in [6.45, 7) is 0.603. The first-order valence-corrected chi connectivity index (χ1v) is 6.06. The van der Waals surface area contributed by atoms with Gasteiger partial charge in [0, 0.05) is 11.2 Å². The van der Waals surface area contributed by atoms with Gasteiger partial charge in [0.15, 0.2) is 0 Å². The van der Waals surface area contributed by atoms with Gasteiger partial charge in [-0.05, 0) is 23.8 Å². The van der Waals surface area contributed by atoms with E-state index < -0.39 is 0 Å². The quantitative estimate of drug-likeness (QED) is 0.728. The first-order valence-electron chi connectivity index (χ1n) is 5.07. The zero-order chi connectivity index (χ0) is 11.2. The zero-order valence-electron chi connectivity index (χ0n) is 8.93. The molecule has 2 aromatic rings. The van der Waals surface area contributed by atoms with Gasteiger partial charge in [0.2, 0.25) is 0 Å². The molecular weight excluding hydrogens is 216 g/mol. The summed E-state index contributed by atoms with van der Waals surface area (Å²) in [6, 6.07) is 18.1. The Morgan fingerprint density at radius 3 is 2.56 bits per heavy atom. The van der Waals surface area contributed by atoms with Crippen LogP contribution in [0.1, 0.15) is 5.56 Å². The maximum absolute atomic E-state index is 5.69. The van der Waals surface area contributed by atoms with Crippen LogP contribution < -0.4 is 4.74 Å².